The molecule has 0 saturated carbocycles. The minimum atomic E-state index is 0.737. The summed E-state index contributed by atoms with van der Waals surface area (Å²) in [6.45, 7) is 7.25. The van der Waals surface area contributed by atoms with Crippen molar-refractivity contribution in [3.8, 4) is 0 Å². The molecule has 0 rings (SSSR count). The van der Waals surface area contributed by atoms with Crippen LogP contribution in [0.25, 0.3) is 0 Å². The van der Waals surface area contributed by atoms with Gasteiger partial charge in [0.1, 0.15) is 0 Å². The molecule has 0 aromatic heterocycles. The second kappa shape index (κ2) is 6.36. The van der Waals surface area contributed by atoms with E-state index in [1.54, 1.807) is 7.11 Å². The molecule has 0 amide bonds. The summed E-state index contributed by atoms with van der Waals surface area (Å²) in [5, 5.41) is 3.05. The molecule has 0 radical (unpaired) electrons. The van der Waals surface area contributed by atoms with Gasteiger partial charge in [-0.05, 0) is 19.2 Å². The molecule has 0 aliphatic carbocycles. The predicted octanol–water partition coefficient (Wildman–Crippen LogP) is 1.31. The van der Waals surface area contributed by atoms with Crippen LogP contribution in [0.5, 0.6) is 0 Å². The highest BCUT2D eigenvalue weighted by Crippen LogP contribution is 1.85. The number of allylic oxidation sites excluding steroid dienone is 2. The first-order chi connectivity index (χ1) is 4.77. The molecule has 0 atom stereocenters. The quantitative estimate of drug-likeness (QED) is 0.460. The molecular formula is C8H15NO. The number of nitrogens with one attached hydrogen (secondary N) is 1. The Labute approximate surface area is 62.6 Å². The van der Waals surface area contributed by atoms with Crippen molar-refractivity contribution in [1.82, 2.24) is 5.32 Å². The average Bonchev–Trinajstić information content (AvgIpc) is 1.87. The molecule has 0 aliphatic heterocycles. The summed E-state index contributed by atoms with van der Waals surface area (Å²) in [7, 11) is 1.68. The topological polar surface area (TPSA) is 21.3 Å². The van der Waals surface area contributed by atoms with Gasteiger partial charge in [-0.1, -0.05) is 12.2 Å². The lowest BCUT2D eigenvalue weighted by Gasteiger charge is -1.97. The molecule has 0 saturated heterocycles. The number of hydrogen-bond donors (Lipinski definition) is 1. The van der Waals surface area contributed by atoms with E-state index in [0.29, 0.717) is 0 Å². The normalized spacial score (nSPS) is 10.2. The van der Waals surface area contributed by atoms with E-state index < -0.39 is 0 Å². The smallest absolute Gasteiger partial charge is 0.0635 e. The Kier molecular flexibility index (Phi) is 5.88. The molecule has 58 valence electrons. The molecule has 2 nitrogen and oxygen atoms in total. The van der Waals surface area contributed by atoms with Gasteiger partial charge < -0.3 is 10.1 Å². The summed E-state index contributed by atoms with van der Waals surface area (Å²) in [5.74, 6) is 0. The fraction of sp³-hybridized carbons (Fsp3) is 0.500. The number of ether oxygens (including phenoxy) is 1. The van der Waals surface area contributed by atoms with Crippen LogP contribution in [0.4, 0.5) is 0 Å². The molecule has 0 bridgehead atoms. The first kappa shape index (κ1) is 9.24. The Morgan fingerprint density at radius 1 is 1.70 bits per heavy atom. The maximum atomic E-state index is 4.83. The molecule has 0 unspecified atom stereocenters. The summed E-state index contributed by atoms with van der Waals surface area (Å²) in [6, 6.07) is 0. The molecule has 10 heavy (non-hydrogen) atoms. The van der Waals surface area contributed by atoms with Crippen LogP contribution in [0.3, 0.4) is 0 Å². The van der Waals surface area contributed by atoms with Crippen molar-refractivity contribution in [3.63, 3.8) is 0 Å². The van der Waals surface area contributed by atoms with Crippen LogP contribution >= 0.6 is 0 Å². The van der Waals surface area contributed by atoms with Gasteiger partial charge in [-0.3, -0.25) is 0 Å². The van der Waals surface area contributed by atoms with E-state index in [4.69, 9.17) is 4.74 Å². The van der Waals surface area contributed by atoms with E-state index in [9.17, 15) is 0 Å². The van der Waals surface area contributed by atoms with Crippen LogP contribution in [0.15, 0.2) is 24.4 Å². The van der Waals surface area contributed by atoms with Crippen molar-refractivity contribution < 1.29 is 4.74 Å². The Bertz CT molecular complexity index is 118. The number of hydrogen-bond acceptors (Lipinski definition) is 2. The van der Waals surface area contributed by atoms with Crippen molar-refractivity contribution >= 4 is 0 Å². The first-order valence-corrected chi connectivity index (χ1v) is 3.31. The summed E-state index contributed by atoms with van der Waals surface area (Å²) < 4.78 is 4.83. The van der Waals surface area contributed by atoms with Crippen LogP contribution in [0, 0.1) is 0 Å². The fourth-order valence-corrected chi connectivity index (χ4v) is 0.446. The molecule has 0 aromatic rings. The highest BCUT2D eigenvalue weighted by molar-refractivity contribution is 5.09. The van der Waals surface area contributed by atoms with Crippen molar-refractivity contribution in [1.29, 1.82) is 0 Å². The van der Waals surface area contributed by atoms with Crippen molar-refractivity contribution in [2.75, 3.05) is 20.3 Å². The third-order valence-corrected chi connectivity index (χ3v) is 0.936. The second-order valence-corrected chi connectivity index (χ2v) is 2.13. The zero-order valence-corrected chi connectivity index (χ0v) is 6.68. The summed E-state index contributed by atoms with van der Waals surface area (Å²) in [6.07, 6.45) is 3.80. The van der Waals surface area contributed by atoms with Crippen LogP contribution in [-0.2, 0) is 4.74 Å². The second-order valence-electron chi connectivity index (χ2n) is 2.13. The fourth-order valence-electron chi connectivity index (χ4n) is 0.446. The Morgan fingerprint density at radius 2 is 2.40 bits per heavy atom. The van der Waals surface area contributed by atoms with Gasteiger partial charge in [-0.15, -0.1) is 0 Å². The average molecular weight is 141 g/mol. The lowest BCUT2D eigenvalue weighted by molar-refractivity contribution is 0.203. The van der Waals surface area contributed by atoms with Crippen LogP contribution in [-0.4, -0.2) is 20.3 Å². The molecule has 1 N–H and O–H groups in total. The molecule has 0 heterocycles. The standard InChI is InChI=1S/C8H15NO/c1-8(2)4-5-9-6-7-10-3/h4-5,9H,1,6-7H2,2-3H3/b5-4-. The molecular weight excluding hydrogens is 126 g/mol. The van der Waals surface area contributed by atoms with E-state index in [1.807, 2.05) is 19.2 Å². The van der Waals surface area contributed by atoms with E-state index in [0.717, 1.165) is 18.7 Å². The van der Waals surface area contributed by atoms with Crippen molar-refractivity contribution in [3.05, 3.63) is 24.4 Å². The summed E-state index contributed by atoms with van der Waals surface area (Å²) >= 11 is 0. The molecule has 0 fully saturated rings. The minimum Gasteiger partial charge on any atom is -0.389 e. The largest absolute Gasteiger partial charge is 0.389 e. The van der Waals surface area contributed by atoms with Crippen LogP contribution in [0.2, 0.25) is 0 Å². The van der Waals surface area contributed by atoms with Crippen molar-refractivity contribution in [2.45, 2.75) is 6.92 Å². The van der Waals surface area contributed by atoms with Gasteiger partial charge in [0.15, 0.2) is 0 Å². The van der Waals surface area contributed by atoms with Gasteiger partial charge in [0.05, 0.1) is 6.61 Å². The van der Waals surface area contributed by atoms with Crippen LogP contribution in [0.1, 0.15) is 6.92 Å². The van der Waals surface area contributed by atoms with Gasteiger partial charge >= 0.3 is 0 Å². The third-order valence-electron chi connectivity index (χ3n) is 0.936. The first-order valence-electron chi connectivity index (χ1n) is 3.31. The zero-order chi connectivity index (χ0) is 7.82. The van der Waals surface area contributed by atoms with E-state index in [2.05, 4.69) is 11.9 Å². The van der Waals surface area contributed by atoms with Gasteiger partial charge in [0.2, 0.25) is 0 Å². The Balaban J connectivity index is 3.10. The Morgan fingerprint density at radius 3 is 2.90 bits per heavy atom. The molecule has 0 aliphatic rings. The summed E-state index contributed by atoms with van der Waals surface area (Å²) in [4.78, 5) is 0. The maximum Gasteiger partial charge on any atom is 0.0635 e. The third kappa shape index (κ3) is 7.24. The Hall–Kier alpha value is -0.760. The molecule has 2 heteroatoms. The van der Waals surface area contributed by atoms with Crippen LogP contribution < -0.4 is 5.32 Å². The van der Waals surface area contributed by atoms with Gasteiger partial charge in [0, 0.05) is 13.7 Å². The minimum absolute atomic E-state index is 0.737. The highest BCUT2D eigenvalue weighted by Gasteiger charge is 1.77. The van der Waals surface area contributed by atoms with E-state index in [-0.39, 0.29) is 0 Å². The predicted molar refractivity (Wildman–Crippen MR) is 43.8 cm³/mol. The highest BCUT2D eigenvalue weighted by atomic mass is 16.5. The van der Waals surface area contributed by atoms with E-state index in [1.165, 1.54) is 0 Å². The monoisotopic (exact) mass is 141 g/mol. The summed E-state index contributed by atoms with van der Waals surface area (Å²) in [5.41, 5.74) is 1.05. The lowest BCUT2D eigenvalue weighted by atomic mass is 10.3. The van der Waals surface area contributed by atoms with Gasteiger partial charge in [-0.25, -0.2) is 0 Å². The van der Waals surface area contributed by atoms with E-state index >= 15 is 0 Å². The van der Waals surface area contributed by atoms with Gasteiger partial charge in [0.25, 0.3) is 0 Å². The van der Waals surface area contributed by atoms with Crippen molar-refractivity contribution in [2.24, 2.45) is 0 Å². The number of rotatable bonds is 5. The maximum absolute atomic E-state index is 4.83. The number of methoxy groups -OCH3 is 1. The van der Waals surface area contributed by atoms with Gasteiger partial charge in [-0.2, -0.15) is 0 Å². The lowest BCUT2D eigenvalue weighted by Crippen LogP contribution is -2.11. The molecule has 0 aromatic carbocycles. The SMILES string of the molecule is C=C(C)/C=C\NCCOC. The molecule has 0 spiro atoms. The zero-order valence-electron chi connectivity index (χ0n) is 6.68.